The summed E-state index contributed by atoms with van der Waals surface area (Å²) < 4.78 is 40.1. The van der Waals surface area contributed by atoms with Crippen LogP contribution in [0.4, 0.5) is 13.2 Å². The number of ketones is 1. The lowest BCUT2D eigenvalue weighted by Crippen LogP contribution is -2.36. The van der Waals surface area contributed by atoms with Gasteiger partial charge < -0.3 is 20.1 Å². The van der Waals surface area contributed by atoms with Gasteiger partial charge in [-0.3, -0.25) is 4.79 Å². The second-order valence-corrected chi connectivity index (χ2v) is 4.92. The molecular weight excluding hydrogens is 345 g/mol. The van der Waals surface area contributed by atoms with Gasteiger partial charge in [-0.15, -0.1) is 13.2 Å². The lowest BCUT2D eigenvalue weighted by Gasteiger charge is -2.19. The van der Waals surface area contributed by atoms with Gasteiger partial charge in [-0.2, -0.15) is 0 Å². The van der Waals surface area contributed by atoms with Crippen LogP contribution in [0.3, 0.4) is 0 Å². The molecule has 6 nitrogen and oxygen atoms in total. The number of hydrogen-bond donors (Lipinski definition) is 3. The number of rotatable bonds is 5. The van der Waals surface area contributed by atoms with E-state index in [1.165, 1.54) is 18.2 Å². The van der Waals surface area contributed by atoms with E-state index in [0.29, 0.717) is 0 Å². The SMILES string of the molecule is O=C(c1ccc(OC(F)(F)F)cc1)c1ccccc1C(O)(O)C(=O)O. The number of aliphatic carboxylic acids is 1. The summed E-state index contributed by atoms with van der Waals surface area (Å²) in [6, 6.07) is 8.78. The first-order valence-corrected chi connectivity index (χ1v) is 6.70. The number of carbonyl (C=O) groups excluding carboxylic acids is 1. The van der Waals surface area contributed by atoms with Crippen molar-refractivity contribution in [2.24, 2.45) is 0 Å². The van der Waals surface area contributed by atoms with Crippen LogP contribution in [0.2, 0.25) is 0 Å². The van der Waals surface area contributed by atoms with Gasteiger partial charge in [0.2, 0.25) is 0 Å². The highest BCUT2D eigenvalue weighted by Gasteiger charge is 2.38. The van der Waals surface area contributed by atoms with Crippen LogP contribution in [0, 0.1) is 0 Å². The molecule has 0 saturated heterocycles. The predicted octanol–water partition coefficient (Wildman–Crippen LogP) is 2.04. The van der Waals surface area contributed by atoms with Crippen LogP contribution in [-0.2, 0) is 10.6 Å². The second kappa shape index (κ2) is 6.54. The Bertz CT molecular complexity index is 796. The number of benzene rings is 2. The van der Waals surface area contributed by atoms with E-state index in [-0.39, 0.29) is 11.1 Å². The van der Waals surface area contributed by atoms with Crippen molar-refractivity contribution in [2.75, 3.05) is 0 Å². The van der Waals surface area contributed by atoms with Crippen molar-refractivity contribution in [3.05, 3.63) is 65.2 Å². The molecule has 0 fully saturated rings. The monoisotopic (exact) mass is 356 g/mol. The van der Waals surface area contributed by atoms with E-state index in [1.807, 2.05) is 0 Å². The van der Waals surface area contributed by atoms with Gasteiger partial charge in [0, 0.05) is 16.7 Å². The van der Waals surface area contributed by atoms with E-state index < -0.39 is 35.2 Å². The third-order valence-corrected chi connectivity index (χ3v) is 3.20. The zero-order chi connectivity index (χ0) is 18.8. The van der Waals surface area contributed by atoms with Gasteiger partial charge in [0.1, 0.15) is 5.75 Å². The standard InChI is InChI=1S/C16H11F3O6/c17-16(18,19)25-10-7-5-9(6-8-10)13(20)11-3-1-2-4-12(11)15(23,24)14(21)22/h1-8,23-24H,(H,21,22). The topological polar surface area (TPSA) is 104 Å². The van der Waals surface area contributed by atoms with E-state index in [2.05, 4.69) is 4.74 Å². The minimum absolute atomic E-state index is 0.0943. The Morgan fingerprint density at radius 1 is 0.920 bits per heavy atom. The van der Waals surface area contributed by atoms with Crippen molar-refractivity contribution >= 4 is 11.8 Å². The van der Waals surface area contributed by atoms with Crippen LogP contribution in [0.1, 0.15) is 21.5 Å². The molecule has 9 heteroatoms. The molecule has 3 N–H and O–H groups in total. The molecule has 0 heterocycles. The summed E-state index contributed by atoms with van der Waals surface area (Å²) in [5.41, 5.74) is -0.981. The number of ether oxygens (including phenoxy) is 1. The average molecular weight is 356 g/mol. The molecule has 2 aromatic rings. The molecule has 0 aliphatic rings. The molecule has 0 bridgehead atoms. The second-order valence-electron chi connectivity index (χ2n) is 4.92. The van der Waals surface area contributed by atoms with Gasteiger partial charge in [-0.1, -0.05) is 24.3 Å². The van der Waals surface area contributed by atoms with Gasteiger partial charge in [0.05, 0.1) is 0 Å². The fourth-order valence-corrected chi connectivity index (χ4v) is 2.06. The molecule has 0 saturated carbocycles. The molecule has 0 aliphatic carbocycles. The van der Waals surface area contributed by atoms with Crippen molar-refractivity contribution in [3.63, 3.8) is 0 Å². The quantitative estimate of drug-likeness (QED) is 0.559. The normalized spacial score (nSPS) is 11.9. The third kappa shape index (κ3) is 4.14. The highest BCUT2D eigenvalue weighted by Crippen LogP contribution is 2.27. The summed E-state index contributed by atoms with van der Waals surface area (Å²) in [7, 11) is 0. The minimum atomic E-state index is -4.88. The van der Waals surface area contributed by atoms with Gasteiger partial charge in [-0.05, 0) is 24.3 Å². The number of hydrogen-bond acceptors (Lipinski definition) is 5. The first-order valence-electron chi connectivity index (χ1n) is 6.70. The van der Waals surface area contributed by atoms with Gasteiger partial charge >= 0.3 is 12.3 Å². The van der Waals surface area contributed by atoms with Crippen LogP contribution in [0.25, 0.3) is 0 Å². The number of carboxylic acid groups (broad SMARTS) is 1. The molecule has 2 aromatic carbocycles. The van der Waals surface area contributed by atoms with Gasteiger partial charge in [0.25, 0.3) is 5.79 Å². The van der Waals surface area contributed by atoms with Gasteiger partial charge in [-0.25, -0.2) is 4.79 Å². The molecule has 0 radical (unpaired) electrons. The predicted molar refractivity (Wildman–Crippen MR) is 76.8 cm³/mol. The summed E-state index contributed by atoms with van der Waals surface area (Å²) in [5.74, 6) is -6.63. The zero-order valence-electron chi connectivity index (χ0n) is 12.3. The molecule has 25 heavy (non-hydrogen) atoms. The lowest BCUT2D eigenvalue weighted by atomic mass is 9.93. The Labute approximate surface area is 138 Å². The first kappa shape index (κ1) is 18.4. The number of aliphatic hydroxyl groups is 2. The van der Waals surface area contributed by atoms with E-state index in [0.717, 1.165) is 30.3 Å². The maximum Gasteiger partial charge on any atom is 0.573 e. The largest absolute Gasteiger partial charge is 0.573 e. The summed E-state index contributed by atoms with van der Waals surface area (Å²) in [4.78, 5) is 23.4. The van der Waals surface area contributed by atoms with Crippen molar-refractivity contribution in [3.8, 4) is 5.75 Å². The number of carbonyl (C=O) groups is 2. The summed E-state index contributed by atoms with van der Waals surface area (Å²) in [5, 5.41) is 28.2. The van der Waals surface area contributed by atoms with E-state index in [9.17, 15) is 33.0 Å². The maximum atomic E-state index is 12.5. The third-order valence-electron chi connectivity index (χ3n) is 3.20. The smallest absolute Gasteiger partial charge is 0.477 e. The first-order chi connectivity index (χ1) is 11.5. The maximum absolute atomic E-state index is 12.5. The zero-order valence-corrected chi connectivity index (χ0v) is 12.3. The van der Waals surface area contributed by atoms with E-state index >= 15 is 0 Å². The number of carboxylic acids is 1. The van der Waals surface area contributed by atoms with Crippen LogP contribution >= 0.6 is 0 Å². The Morgan fingerprint density at radius 2 is 1.48 bits per heavy atom. The minimum Gasteiger partial charge on any atom is -0.477 e. The Morgan fingerprint density at radius 3 is 2.00 bits per heavy atom. The molecule has 0 unspecified atom stereocenters. The Kier molecular flexibility index (Phi) is 4.82. The fraction of sp³-hybridized carbons (Fsp3) is 0.125. The molecule has 0 atom stereocenters. The molecule has 0 spiro atoms. The lowest BCUT2D eigenvalue weighted by molar-refractivity contribution is -0.274. The summed E-state index contributed by atoms with van der Waals surface area (Å²) in [6.45, 7) is 0. The molecule has 0 amide bonds. The van der Waals surface area contributed by atoms with Crippen LogP contribution in [-0.4, -0.2) is 33.4 Å². The Hall–Kier alpha value is -2.91. The van der Waals surface area contributed by atoms with Gasteiger partial charge in [0.15, 0.2) is 5.78 Å². The molecular formula is C16H11F3O6. The molecule has 2 rings (SSSR count). The van der Waals surface area contributed by atoms with Crippen LogP contribution < -0.4 is 4.74 Å². The average Bonchev–Trinajstić information content (AvgIpc) is 2.53. The van der Waals surface area contributed by atoms with E-state index in [1.54, 1.807) is 0 Å². The molecule has 0 aliphatic heterocycles. The highest BCUT2D eigenvalue weighted by atomic mass is 19.4. The number of halogens is 3. The molecule has 132 valence electrons. The van der Waals surface area contributed by atoms with Crippen molar-refractivity contribution in [1.82, 2.24) is 0 Å². The van der Waals surface area contributed by atoms with Crippen LogP contribution in [0.15, 0.2) is 48.5 Å². The van der Waals surface area contributed by atoms with Crippen LogP contribution in [0.5, 0.6) is 5.75 Å². The van der Waals surface area contributed by atoms with Crippen molar-refractivity contribution < 1.29 is 42.8 Å². The van der Waals surface area contributed by atoms with Crippen molar-refractivity contribution in [2.45, 2.75) is 12.1 Å². The highest BCUT2D eigenvalue weighted by molar-refractivity contribution is 6.10. The molecule has 0 aromatic heterocycles. The summed E-state index contributed by atoms with van der Waals surface area (Å²) in [6.07, 6.45) is -4.88. The van der Waals surface area contributed by atoms with E-state index in [4.69, 9.17) is 5.11 Å². The number of alkyl halides is 3. The summed E-state index contributed by atoms with van der Waals surface area (Å²) >= 11 is 0. The van der Waals surface area contributed by atoms with Crippen molar-refractivity contribution in [1.29, 1.82) is 0 Å². The Balaban J connectivity index is 2.38. The fourth-order valence-electron chi connectivity index (χ4n) is 2.06.